The maximum atomic E-state index is 13.4. The SMILES string of the molecule is CC(C)N1CCC(Oc2ccc3c(-c4ccccc4)c(C(=O)N4CC[SH4]C(=O)C4=O)oc3c2)CC1. The summed E-state index contributed by atoms with van der Waals surface area (Å²) in [6.07, 6.45) is 2.05. The van der Waals surface area contributed by atoms with Crippen LogP contribution in [0.4, 0.5) is 0 Å². The molecule has 2 amide bonds. The molecule has 0 unspecified atom stereocenters. The summed E-state index contributed by atoms with van der Waals surface area (Å²) < 4.78 is 12.4. The first-order chi connectivity index (χ1) is 16.9. The lowest BCUT2D eigenvalue weighted by molar-refractivity contribution is -0.138. The fraction of sp³-hybridized carbons (Fsp3) is 0.370. The van der Waals surface area contributed by atoms with Crippen molar-refractivity contribution in [3.8, 4) is 16.9 Å². The summed E-state index contributed by atoms with van der Waals surface area (Å²) in [5.41, 5.74) is 1.97. The normalized spacial score (nSPS) is 18.2. The molecule has 0 saturated carbocycles. The molecule has 3 heterocycles. The van der Waals surface area contributed by atoms with Gasteiger partial charge in [-0.25, -0.2) is 11.8 Å². The number of likely N-dealkylation sites (tertiary alicyclic amines) is 1. The topological polar surface area (TPSA) is 80.1 Å². The zero-order valence-corrected chi connectivity index (χ0v) is 21.6. The predicted octanol–water partition coefficient (Wildman–Crippen LogP) is 3.52. The van der Waals surface area contributed by atoms with E-state index in [1.165, 1.54) is 0 Å². The minimum Gasteiger partial charge on any atom is -0.490 e. The third-order valence-corrected chi connectivity index (χ3v) is 8.37. The Morgan fingerprint density at radius 2 is 1.80 bits per heavy atom. The van der Waals surface area contributed by atoms with Gasteiger partial charge in [-0.3, -0.25) is 19.3 Å². The minimum atomic E-state index is -1.10. The van der Waals surface area contributed by atoms with Crippen LogP contribution in [0.1, 0.15) is 37.2 Å². The van der Waals surface area contributed by atoms with Gasteiger partial charge in [0.25, 0.3) is 5.91 Å². The van der Waals surface area contributed by atoms with E-state index in [9.17, 15) is 14.4 Å². The lowest BCUT2D eigenvalue weighted by Crippen LogP contribution is -2.45. The Bertz CT molecular complexity index is 1260. The van der Waals surface area contributed by atoms with Crippen LogP contribution in [0.5, 0.6) is 5.75 Å². The van der Waals surface area contributed by atoms with Gasteiger partial charge in [-0.15, -0.1) is 0 Å². The van der Waals surface area contributed by atoms with Crippen LogP contribution in [0.25, 0.3) is 22.1 Å². The highest BCUT2D eigenvalue weighted by Crippen LogP contribution is 2.38. The molecular formula is C27H32N2O5S. The number of carbonyl (C=O) groups is 3. The molecule has 0 spiro atoms. The zero-order chi connectivity index (χ0) is 24.5. The summed E-state index contributed by atoms with van der Waals surface area (Å²) >= 11 is -1.10. The zero-order valence-electron chi connectivity index (χ0n) is 20.2. The summed E-state index contributed by atoms with van der Waals surface area (Å²) in [7, 11) is 0. The first-order valence-electron chi connectivity index (χ1n) is 12.3. The number of hydrogen-bond acceptors (Lipinski definition) is 6. The number of furan rings is 1. The molecule has 0 N–H and O–H groups in total. The molecule has 1 aromatic heterocycles. The van der Waals surface area contributed by atoms with Gasteiger partial charge in [0.15, 0.2) is 0 Å². The molecule has 0 aliphatic carbocycles. The monoisotopic (exact) mass is 496 g/mol. The number of amides is 2. The standard InChI is InChI=1S/C27H32N2O5S/c1-17(2)28-12-10-19(11-13-28)33-20-8-9-21-22(16-20)34-24(23(21)18-6-4-3-5-7-18)25(30)29-14-15-35-27(32)26(29)31/h3-9,16-17,19H,10-15H2,1-2H3,35H4. The Kier molecular flexibility index (Phi) is 6.67. The maximum Gasteiger partial charge on any atom is 0.304 e. The number of imide groups is 1. The number of fused-ring (bicyclic) bond motifs is 1. The fourth-order valence-corrected chi connectivity index (χ4v) is 6.17. The first kappa shape index (κ1) is 23.6. The van der Waals surface area contributed by atoms with E-state index >= 15 is 0 Å². The highest BCUT2D eigenvalue weighted by atomic mass is 32.2. The summed E-state index contributed by atoms with van der Waals surface area (Å²) in [5.74, 6) is 0.117. The number of carbonyl (C=O) groups excluding carboxylic acids is 3. The van der Waals surface area contributed by atoms with Crippen molar-refractivity contribution in [2.75, 3.05) is 25.4 Å². The van der Waals surface area contributed by atoms with Crippen molar-refractivity contribution in [3.63, 3.8) is 0 Å². The van der Waals surface area contributed by atoms with Crippen LogP contribution in [0.3, 0.4) is 0 Å². The second-order valence-electron chi connectivity index (χ2n) is 9.57. The van der Waals surface area contributed by atoms with Gasteiger partial charge in [0.1, 0.15) is 17.4 Å². The second-order valence-corrected chi connectivity index (χ2v) is 11.4. The lowest BCUT2D eigenvalue weighted by Gasteiger charge is -2.34. The molecule has 0 atom stereocenters. The summed E-state index contributed by atoms with van der Waals surface area (Å²) in [6, 6.07) is 15.7. The summed E-state index contributed by atoms with van der Waals surface area (Å²) in [6.45, 7) is 6.71. The molecule has 2 aliphatic heterocycles. The lowest BCUT2D eigenvalue weighted by atomic mass is 10.0. The summed E-state index contributed by atoms with van der Waals surface area (Å²) in [5, 5.41) is 0.368. The number of nitrogens with zero attached hydrogens (tertiary/aromatic N) is 2. The van der Waals surface area contributed by atoms with E-state index < -0.39 is 28.7 Å². The van der Waals surface area contributed by atoms with Gasteiger partial charge in [0, 0.05) is 42.7 Å². The minimum absolute atomic E-state index is 0.0818. The number of piperidine rings is 1. The van der Waals surface area contributed by atoms with Crippen LogP contribution >= 0.6 is 11.8 Å². The molecule has 2 aromatic carbocycles. The molecule has 186 valence electrons. The van der Waals surface area contributed by atoms with E-state index in [0.717, 1.165) is 41.8 Å². The van der Waals surface area contributed by atoms with Crippen LogP contribution in [0, 0.1) is 0 Å². The van der Waals surface area contributed by atoms with Crippen molar-refractivity contribution >= 4 is 39.7 Å². The molecule has 8 heteroatoms. The highest BCUT2D eigenvalue weighted by molar-refractivity contribution is 8.15. The molecule has 2 saturated heterocycles. The molecule has 2 fully saturated rings. The van der Waals surface area contributed by atoms with Gasteiger partial charge < -0.3 is 14.1 Å². The van der Waals surface area contributed by atoms with Gasteiger partial charge in [-0.1, -0.05) is 30.3 Å². The first-order valence-corrected chi connectivity index (χ1v) is 14.0. The molecule has 7 nitrogen and oxygen atoms in total. The predicted molar refractivity (Wildman–Crippen MR) is 141 cm³/mol. The highest BCUT2D eigenvalue weighted by Gasteiger charge is 2.34. The quantitative estimate of drug-likeness (QED) is 0.397. The van der Waals surface area contributed by atoms with E-state index in [0.29, 0.717) is 28.7 Å². The number of ether oxygens (including phenoxy) is 1. The second kappa shape index (κ2) is 9.87. The molecule has 0 bridgehead atoms. The average molecular weight is 497 g/mol. The molecule has 0 radical (unpaired) electrons. The largest absolute Gasteiger partial charge is 0.490 e. The maximum absolute atomic E-state index is 13.4. The van der Waals surface area contributed by atoms with E-state index in [4.69, 9.17) is 9.15 Å². The van der Waals surface area contributed by atoms with Crippen molar-refractivity contribution in [1.29, 1.82) is 0 Å². The third kappa shape index (κ3) is 4.73. The van der Waals surface area contributed by atoms with Crippen LogP contribution in [0.2, 0.25) is 0 Å². The fourth-order valence-electron chi connectivity index (χ4n) is 4.97. The smallest absolute Gasteiger partial charge is 0.304 e. The summed E-state index contributed by atoms with van der Waals surface area (Å²) in [4.78, 5) is 41.4. The number of rotatable bonds is 5. The van der Waals surface area contributed by atoms with Gasteiger partial charge in [0.05, 0.1) is 0 Å². The van der Waals surface area contributed by atoms with E-state index in [2.05, 4.69) is 18.7 Å². The van der Waals surface area contributed by atoms with Crippen molar-refractivity contribution in [3.05, 3.63) is 54.3 Å². The average Bonchev–Trinajstić information content (AvgIpc) is 3.25. The van der Waals surface area contributed by atoms with Crippen LogP contribution in [-0.2, 0) is 9.59 Å². The van der Waals surface area contributed by atoms with Crippen molar-refractivity contribution in [2.24, 2.45) is 0 Å². The van der Waals surface area contributed by atoms with Gasteiger partial charge >= 0.3 is 5.91 Å². The molecule has 2 aliphatic rings. The molecule has 3 aromatic rings. The Morgan fingerprint density at radius 1 is 1.06 bits per heavy atom. The number of hydrogen-bond donors (Lipinski definition) is 0. The van der Waals surface area contributed by atoms with Crippen LogP contribution in [0.15, 0.2) is 52.9 Å². The Morgan fingerprint density at radius 3 is 2.51 bits per heavy atom. The van der Waals surface area contributed by atoms with E-state index in [-0.39, 0.29) is 18.4 Å². The van der Waals surface area contributed by atoms with Gasteiger partial charge in [-0.05, 0) is 50.1 Å². The Hall–Kier alpha value is -3.10. The Balaban J connectivity index is 1.48. The van der Waals surface area contributed by atoms with Crippen LogP contribution < -0.4 is 4.74 Å². The van der Waals surface area contributed by atoms with Crippen molar-refractivity contribution < 1.29 is 23.5 Å². The number of benzene rings is 2. The molecule has 35 heavy (non-hydrogen) atoms. The van der Waals surface area contributed by atoms with Gasteiger partial charge in [0.2, 0.25) is 10.9 Å². The Labute approximate surface area is 208 Å². The van der Waals surface area contributed by atoms with Crippen molar-refractivity contribution in [1.82, 2.24) is 9.80 Å². The third-order valence-electron chi connectivity index (χ3n) is 6.94. The molecule has 5 rings (SSSR count). The van der Waals surface area contributed by atoms with E-state index in [1.54, 1.807) is 0 Å². The van der Waals surface area contributed by atoms with Crippen molar-refractivity contribution in [2.45, 2.75) is 38.8 Å². The molecular weight excluding hydrogens is 464 g/mol. The van der Waals surface area contributed by atoms with E-state index in [1.807, 2.05) is 48.5 Å². The van der Waals surface area contributed by atoms with Crippen LogP contribution in [-0.4, -0.2) is 64.3 Å². The van der Waals surface area contributed by atoms with Gasteiger partial charge in [-0.2, -0.15) is 0 Å².